The molecular weight excluding hydrogens is 176 g/mol. The summed E-state index contributed by atoms with van der Waals surface area (Å²) in [6.07, 6.45) is 6.83. The zero-order chi connectivity index (χ0) is 9.80. The fraction of sp³-hybridized carbons (Fsp3) is 0.909. The smallest absolute Gasteiger partial charge is 0.224 e. The molecule has 2 heterocycles. The van der Waals surface area contributed by atoms with Gasteiger partial charge in [0.15, 0.2) is 0 Å². The fourth-order valence-corrected chi connectivity index (χ4v) is 2.41. The molecular formula is C11H20N2O. The van der Waals surface area contributed by atoms with E-state index < -0.39 is 0 Å². The van der Waals surface area contributed by atoms with E-state index in [4.69, 9.17) is 0 Å². The van der Waals surface area contributed by atoms with Crippen LogP contribution in [0, 0.1) is 0 Å². The molecule has 2 aliphatic rings. The van der Waals surface area contributed by atoms with Crippen LogP contribution in [0.3, 0.4) is 0 Å². The van der Waals surface area contributed by atoms with Crippen LogP contribution in [0.1, 0.15) is 38.5 Å². The second-order valence-electron chi connectivity index (χ2n) is 4.44. The maximum absolute atomic E-state index is 11.8. The van der Waals surface area contributed by atoms with Crippen molar-refractivity contribution in [3.63, 3.8) is 0 Å². The quantitative estimate of drug-likeness (QED) is 0.718. The van der Waals surface area contributed by atoms with Crippen LogP contribution in [0.15, 0.2) is 0 Å². The number of amides is 1. The predicted octanol–water partition coefficient (Wildman–Crippen LogP) is 1.14. The van der Waals surface area contributed by atoms with Crippen molar-refractivity contribution >= 4 is 5.91 Å². The molecule has 3 heteroatoms. The van der Waals surface area contributed by atoms with Gasteiger partial charge in [-0.1, -0.05) is 0 Å². The lowest BCUT2D eigenvalue weighted by molar-refractivity contribution is -0.132. The molecule has 3 nitrogen and oxygen atoms in total. The molecule has 2 saturated heterocycles. The Balaban J connectivity index is 1.75. The van der Waals surface area contributed by atoms with Crippen molar-refractivity contribution in [2.75, 3.05) is 19.6 Å². The summed E-state index contributed by atoms with van der Waals surface area (Å²) in [5, 5.41) is 3.38. The third-order valence-electron chi connectivity index (χ3n) is 3.29. The number of carbonyl (C=O) groups excluding carboxylic acids is 1. The molecule has 2 aliphatic heterocycles. The van der Waals surface area contributed by atoms with Crippen LogP contribution < -0.4 is 5.32 Å². The van der Waals surface area contributed by atoms with Gasteiger partial charge >= 0.3 is 0 Å². The van der Waals surface area contributed by atoms with Gasteiger partial charge in [0.1, 0.15) is 0 Å². The fourth-order valence-electron chi connectivity index (χ4n) is 2.41. The normalized spacial score (nSPS) is 28.0. The first-order chi connectivity index (χ1) is 6.86. The first-order valence-electron chi connectivity index (χ1n) is 5.87. The van der Waals surface area contributed by atoms with Crippen LogP contribution in [-0.4, -0.2) is 36.5 Å². The monoisotopic (exact) mass is 196 g/mol. The molecule has 0 saturated carbocycles. The van der Waals surface area contributed by atoms with E-state index >= 15 is 0 Å². The Morgan fingerprint density at radius 3 is 2.64 bits per heavy atom. The Morgan fingerprint density at radius 1 is 1.21 bits per heavy atom. The van der Waals surface area contributed by atoms with Crippen molar-refractivity contribution in [3.8, 4) is 0 Å². The highest BCUT2D eigenvalue weighted by molar-refractivity contribution is 5.76. The van der Waals surface area contributed by atoms with E-state index in [2.05, 4.69) is 5.32 Å². The minimum Gasteiger partial charge on any atom is -0.343 e. The van der Waals surface area contributed by atoms with Gasteiger partial charge in [-0.05, 0) is 38.6 Å². The molecule has 2 rings (SSSR count). The number of nitrogens with one attached hydrogen (secondary N) is 1. The Hall–Kier alpha value is -0.570. The second kappa shape index (κ2) is 4.78. The van der Waals surface area contributed by atoms with Crippen LogP contribution >= 0.6 is 0 Å². The number of nitrogens with zero attached hydrogens (tertiary/aromatic N) is 1. The van der Waals surface area contributed by atoms with Crippen LogP contribution in [0.25, 0.3) is 0 Å². The van der Waals surface area contributed by atoms with E-state index in [1.807, 2.05) is 4.90 Å². The molecule has 0 aromatic carbocycles. The standard InChI is InChI=1S/C11H20N2O/c14-11(9-10-5-4-6-12-10)13-7-2-1-3-8-13/h10,12H,1-9H2. The largest absolute Gasteiger partial charge is 0.343 e. The van der Waals surface area contributed by atoms with Crippen molar-refractivity contribution < 1.29 is 4.79 Å². The average Bonchev–Trinajstić information content (AvgIpc) is 2.72. The highest BCUT2D eigenvalue weighted by Crippen LogP contribution is 2.14. The van der Waals surface area contributed by atoms with Crippen molar-refractivity contribution in [2.45, 2.75) is 44.6 Å². The summed E-state index contributed by atoms with van der Waals surface area (Å²) < 4.78 is 0. The van der Waals surface area contributed by atoms with Crippen molar-refractivity contribution in [1.29, 1.82) is 0 Å². The van der Waals surface area contributed by atoms with Gasteiger partial charge in [-0.15, -0.1) is 0 Å². The van der Waals surface area contributed by atoms with Gasteiger partial charge < -0.3 is 10.2 Å². The number of likely N-dealkylation sites (tertiary alicyclic amines) is 1. The van der Waals surface area contributed by atoms with E-state index in [-0.39, 0.29) is 0 Å². The first-order valence-corrected chi connectivity index (χ1v) is 5.87. The van der Waals surface area contributed by atoms with Crippen LogP contribution in [-0.2, 0) is 4.79 Å². The lowest BCUT2D eigenvalue weighted by atomic mass is 10.1. The molecule has 80 valence electrons. The summed E-state index contributed by atoms with van der Waals surface area (Å²) in [7, 11) is 0. The van der Waals surface area contributed by atoms with Crippen molar-refractivity contribution in [3.05, 3.63) is 0 Å². The summed E-state index contributed by atoms with van der Waals surface area (Å²) in [5.41, 5.74) is 0. The molecule has 2 fully saturated rings. The molecule has 0 spiro atoms. The third kappa shape index (κ3) is 2.47. The first kappa shape index (κ1) is 9.97. The Bertz CT molecular complexity index is 193. The zero-order valence-corrected chi connectivity index (χ0v) is 8.80. The van der Waals surface area contributed by atoms with Gasteiger partial charge in [0.05, 0.1) is 0 Å². The summed E-state index contributed by atoms with van der Waals surface area (Å²) in [5.74, 6) is 0.365. The summed E-state index contributed by atoms with van der Waals surface area (Å²) >= 11 is 0. The molecule has 0 radical (unpaired) electrons. The highest BCUT2D eigenvalue weighted by atomic mass is 16.2. The Kier molecular flexibility index (Phi) is 3.40. The lowest BCUT2D eigenvalue weighted by Gasteiger charge is -2.27. The molecule has 0 aliphatic carbocycles. The van der Waals surface area contributed by atoms with Gasteiger partial charge in [0.25, 0.3) is 0 Å². The van der Waals surface area contributed by atoms with Gasteiger partial charge in [0.2, 0.25) is 5.91 Å². The van der Waals surface area contributed by atoms with E-state index in [0.717, 1.165) is 26.1 Å². The molecule has 0 bridgehead atoms. The number of rotatable bonds is 2. The summed E-state index contributed by atoms with van der Waals surface area (Å²) in [6, 6.07) is 0.462. The Morgan fingerprint density at radius 2 is 2.00 bits per heavy atom. The topological polar surface area (TPSA) is 32.3 Å². The summed E-state index contributed by atoms with van der Waals surface area (Å²) in [4.78, 5) is 13.9. The number of hydrogen-bond donors (Lipinski definition) is 1. The van der Waals surface area contributed by atoms with Gasteiger partial charge in [-0.25, -0.2) is 0 Å². The van der Waals surface area contributed by atoms with Crippen LogP contribution in [0.5, 0.6) is 0 Å². The molecule has 1 amide bonds. The third-order valence-corrected chi connectivity index (χ3v) is 3.29. The minimum absolute atomic E-state index is 0.365. The van der Waals surface area contributed by atoms with Crippen LogP contribution in [0.4, 0.5) is 0 Å². The van der Waals surface area contributed by atoms with Crippen LogP contribution in [0.2, 0.25) is 0 Å². The van der Waals surface area contributed by atoms with E-state index in [1.165, 1.54) is 32.1 Å². The van der Waals surface area contributed by atoms with Gasteiger partial charge in [-0.3, -0.25) is 4.79 Å². The molecule has 1 N–H and O–H groups in total. The van der Waals surface area contributed by atoms with Crippen molar-refractivity contribution in [2.24, 2.45) is 0 Å². The predicted molar refractivity (Wildman–Crippen MR) is 56.1 cm³/mol. The molecule has 0 aromatic heterocycles. The minimum atomic E-state index is 0.365. The van der Waals surface area contributed by atoms with Gasteiger partial charge in [-0.2, -0.15) is 0 Å². The van der Waals surface area contributed by atoms with E-state index in [0.29, 0.717) is 11.9 Å². The molecule has 0 aromatic rings. The maximum Gasteiger partial charge on any atom is 0.224 e. The van der Waals surface area contributed by atoms with Crippen molar-refractivity contribution in [1.82, 2.24) is 10.2 Å². The maximum atomic E-state index is 11.8. The lowest BCUT2D eigenvalue weighted by Crippen LogP contribution is -2.38. The Labute approximate surface area is 85.8 Å². The van der Waals surface area contributed by atoms with Gasteiger partial charge in [0, 0.05) is 25.6 Å². The number of carbonyl (C=O) groups is 1. The zero-order valence-electron chi connectivity index (χ0n) is 8.80. The number of hydrogen-bond acceptors (Lipinski definition) is 2. The molecule has 14 heavy (non-hydrogen) atoms. The average molecular weight is 196 g/mol. The summed E-state index contributed by atoms with van der Waals surface area (Å²) in [6.45, 7) is 3.08. The molecule has 1 unspecified atom stereocenters. The highest BCUT2D eigenvalue weighted by Gasteiger charge is 2.22. The SMILES string of the molecule is O=C(CC1CCCN1)N1CCCCC1. The number of piperidine rings is 1. The molecule has 1 atom stereocenters. The van der Waals surface area contributed by atoms with E-state index in [9.17, 15) is 4.79 Å². The van der Waals surface area contributed by atoms with E-state index in [1.54, 1.807) is 0 Å². The second-order valence-corrected chi connectivity index (χ2v) is 4.44.